The number of hydrogen-bond donors (Lipinski definition) is 3. The molecule has 0 fully saturated rings. The Morgan fingerprint density at radius 1 is 1.18 bits per heavy atom. The van der Waals surface area contributed by atoms with Gasteiger partial charge >= 0.3 is 0 Å². The van der Waals surface area contributed by atoms with Crippen molar-refractivity contribution in [1.29, 1.82) is 0 Å². The maximum atomic E-state index is 8.81. The van der Waals surface area contributed by atoms with Crippen LogP contribution < -0.4 is 5.32 Å². The third-order valence-electron chi connectivity index (χ3n) is 2.70. The normalized spacial score (nSPS) is 10.4. The van der Waals surface area contributed by atoms with Crippen LogP contribution in [0.5, 0.6) is 0 Å². The summed E-state index contributed by atoms with van der Waals surface area (Å²) in [5, 5.41) is 12.2. The topological polar surface area (TPSA) is 48.0 Å². The Kier molecular flexibility index (Phi) is 4.22. The van der Waals surface area contributed by atoms with E-state index >= 15 is 0 Å². The van der Waals surface area contributed by atoms with Crippen molar-refractivity contribution in [3.63, 3.8) is 0 Å². The van der Waals surface area contributed by atoms with Gasteiger partial charge in [0.25, 0.3) is 0 Å². The van der Waals surface area contributed by atoms with Crippen molar-refractivity contribution >= 4 is 5.69 Å². The third-order valence-corrected chi connectivity index (χ3v) is 2.70. The van der Waals surface area contributed by atoms with Crippen LogP contribution in [0.2, 0.25) is 0 Å². The number of hydrogen-bond acceptors (Lipinski definition) is 2. The van der Waals surface area contributed by atoms with Crippen LogP contribution in [0.4, 0.5) is 5.69 Å². The van der Waals surface area contributed by atoms with E-state index in [1.165, 1.54) is 11.3 Å². The van der Waals surface area contributed by atoms with Crippen LogP contribution >= 0.6 is 0 Å². The Hall–Kier alpha value is -1.74. The molecule has 0 unspecified atom stereocenters. The summed E-state index contributed by atoms with van der Waals surface area (Å²) in [4.78, 5) is 3.16. The van der Waals surface area contributed by atoms with Gasteiger partial charge in [0.05, 0.1) is 6.54 Å². The molecule has 3 N–H and O–H groups in total. The number of aliphatic hydroxyl groups is 1. The second kappa shape index (κ2) is 6.11. The highest BCUT2D eigenvalue weighted by Gasteiger charge is 1.97. The lowest BCUT2D eigenvalue weighted by Crippen LogP contribution is -2.00. The molecule has 3 heteroatoms. The minimum atomic E-state index is 0.250. The van der Waals surface area contributed by atoms with E-state index in [0.717, 1.165) is 25.1 Å². The van der Waals surface area contributed by atoms with Crippen molar-refractivity contribution in [3.05, 3.63) is 53.9 Å². The fraction of sp³-hybridized carbons (Fsp3) is 0.286. The molecule has 2 rings (SSSR count). The number of aliphatic hydroxyl groups excluding tert-OH is 1. The maximum absolute atomic E-state index is 8.81. The summed E-state index contributed by atoms with van der Waals surface area (Å²) in [5.41, 5.74) is 3.55. The van der Waals surface area contributed by atoms with Gasteiger partial charge in [-0.3, -0.25) is 0 Å². The van der Waals surface area contributed by atoms with Crippen LogP contribution in [0.3, 0.4) is 0 Å². The number of H-pyrrole nitrogens is 1. The van der Waals surface area contributed by atoms with Crippen LogP contribution in [-0.2, 0) is 13.0 Å². The van der Waals surface area contributed by atoms with E-state index in [-0.39, 0.29) is 6.61 Å². The quantitative estimate of drug-likeness (QED) is 0.714. The lowest BCUT2D eigenvalue weighted by molar-refractivity contribution is 0.288. The summed E-state index contributed by atoms with van der Waals surface area (Å²) in [5.74, 6) is 0. The molecule has 0 atom stereocenters. The van der Waals surface area contributed by atoms with Gasteiger partial charge in [-0.1, -0.05) is 12.1 Å². The fourth-order valence-corrected chi connectivity index (χ4v) is 1.79. The zero-order valence-corrected chi connectivity index (χ0v) is 9.82. The number of aromatic nitrogens is 1. The molecule has 1 aromatic heterocycles. The summed E-state index contributed by atoms with van der Waals surface area (Å²) in [6.45, 7) is 1.05. The minimum absolute atomic E-state index is 0.250. The van der Waals surface area contributed by atoms with Gasteiger partial charge in [0, 0.05) is 24.2 Å². The molecule has 0 aliphatic rings. The van der Waals surface area contributed by atoms with Gasteiger partial charge in [-0.15, -0.1) is 0 Å². The number of aryl methyl sites for hydroxylation is 1. The molecular formula is C14H18N2O. The molecule has 1 heterocycles. The molecule has 17 heavy (non-hydrogen) atoms. The molecule has 3 nitrogen and oxygen atoms in total. The van der Waals surface area contributed by atoms with Gasteiger partial charge in [-0.25, -0.2) is 0 Å². The van der Waals surface area contributed by atoms with E-state index in [0.29, 0.717) is 0 Å². The molecule has 0 saturated carbocycles. The summed E-state index contributed by atoms with van der Waals surface area (Å²) in [6.07, 6.45) is 3.67. The summed E-state index contributed by atoms with van der Waals surface area (Å²) in [7, 11) is 0. The number of benzene rings is 1. The second-order valence-electron chi connectivity index (χ2n) is 4.08. The largest absolute Gasteiger partial charge is 0.396 e. The second-order valence-corrected chi connectivity index (χ2v) is 4.08. The van der Waals surface area contributed by atoms with Crippen LogP contribution in [-0.4, -0.2) is 16.7 Å². The van der Waals surface area contributed by atoms with Gasteiger partial charge in [-0.2, -0.15) is 0 Å². The smallest absolute Gasteiger partial charge is 0.0551 e. The van der Waals surface area contributed by atoms with Crippen molar-refractivity contribution in [3.8, 4) is 0 Å². The first-order valence-corrected chi connectivity index (χ1v) is 5.94. The molecule has 0 bridgehead atoms. The zero-order chi connectivity index (χ0) is 11.9. The molecule has 2 aromatic rings. The number of nitrogens with one attached hydrogen (secondary N) is 2. The first kappa shape index (κ1) is 11.7. The zero-order valence-electron chi connectivity index (χ0n) is 9.82. The van der Waals surface area contributed by atoms with E-state index in [4.69, 9.17) is 5.11 Å². The highest BCUT2D eigenvalue weighted by molar-refractivity contribution is 5.46. The molecule has 1 aromatic carbocycles. The molecule has 90 valence electrons. The lowest BCUT2D eigenvalue weighted by Gasteiger charge is -2.07. The molecular weight excluding hydrogens is 212 g/mol. The third kappa shape index (κ3) is 3.64. The average molecular weight is 230 g/mol. The highest BCUT2D eigenvalue weighted by atomic mass is 16.2. The minimum Gasteiger partial charge on any atom is -0.396 e. The van der Waals surface area contributed by atoms with E-state index in [1.807, 2.05) is 18.3 Å². The molecule has 0 aliphatic carbocycles. The number of aromatic amines is 1. The molecule has 0 spiro atoms. The van der Waals surface area contributed by atoms with Crippen molar-refractivity contribution in [2.24, 2.45) is 0 Å². The van der Waals surface area contributed by atoms with Gasteiger partial charge in [0.2, 0.25) is 0 Å². The van der Waals surface area contributed by atoms with Crippen molar-refractivity contribution in [1.82, 2.24) is 4.98 Å². The number of anilines is 1. The first-order valence-electron chi connectivity index (χ1n) is 5.94. The van der Waals surface area contributed by atoms with Gasteiger partial charge in [0.1, 0.15) is 0 Å². The highest BCUT2D eigenvalue weighted by Crippen LogP contribution is 2.13. The van der Waals surface area contributed by atoms with E-state index < -0.39 is 0 Å². The monoisotopic (exact) mass is 230 g/mol. The Morgan fingerprint density at radius 3 is 2.88 bits per heavy atom. The molecule has 0 saturated heterocycles. The molecule has 0 aliphatic heterocycles. The standard InChI is InChI=1S/C14H18N2O/c17-9-3-5-12-4-1-6-13(10-12)16-11-14-7-2-8-15-14/h1-2,4,6-8,10,15-17H,3,5,9,11H2. The molecule has 0 amide bonds. The predicted octanol–water partition coefficient (Wildman–Crippen LogP) is 2.55. The maximum Gasteiger partial charge on any atom is 0.0551 e. The van der Waals surface area contributed by atoms with Crippen LogP contribution in [0, 0.1) is 0 Å². The Bertz CT molecular complexity index is 437. The average Bonchev–Trinajstić information content (AvgIpc) is 2.87. The SMILES string of the molecule is OCCCc1cccc(NCc2ccc[nH]2)c1. The van der Waals surface area contributed by atoms with Crippen molar-refractivity contribution in [2.45, 2.75) is 19.4 Å². The van der Waals surface area contributed by atoms with E-state index in [1.54, 1.807) is 0 Å². The van der Waals surface area contributed by atoms with Crippen LogP contribution in [0.1, 0.15) is 17.7 Å². The van der Waals surface area contributed by atoms with Crippen LogP contribution in [0.25, 0.3) is 0 Å². The van der Waals surface area contributed by atoms with E-state index in [9.17, 15) is 0 Å². The van der Waals surface area contributed by atoms with Crippen LogP contribution in [0.15, 0.2) is 42.6 Å². The lowest BCUT2D eigenvalue weighted by atomic mass is 10.1. The van der Waals surface area contributed by atoms with Crippen molar-refractivity contribution in [2.75, 3.05) is 11.9 Å². The first-order chi connectivity index (χ1) is 8.38. The van der Waals surface area contributed by atoms with Gasteiger partial charge in [0.15, 0.2) is 0 Å². The summed E-state index contributed by atoms with van der Waals surface area (Å²) >= 11 is 0. The molecule has 0 radical (unpaired) electrons. The van der Waals surface area contributed by atoms with Gasteiger partial charge < -0.3 is 15.4 Å². The van der Waals surface area contributed by atoms with E-state index in [2.05, 4.69) is 34.6 Å². The summed E-state index contributed by atoms with van der Waals surface area (Å²) < 4.78 is 0. The predicted molar refractivity (Wildman–Crippen MR) is 70.0 cm³/mol. The van der Waals surface area contributed by atoms with Crippen molar-refractivity contribution < 1.29 is 5.11 Å². The fourth-order valence-electron chi connectivity index (χ4n) is 1.79. The Morgan fingerprint density at radius 2 is 2.12 bits per heavy atom. The Balaban J connectivity index is 1.91. The van der Waals surface area contributed by atoms with Gasteiger partial charge in [-0.05, 0) is 42.7 Å². The Labute approximate surface area is 102 Å². The number of rotatable bonds is 6. The summed E-state index contributed by atoms with van der Waals surface area (Å²) in [6, 6.07) is 12.4.